The fourth-order valence-electron chi connectivity index (χ4n) is 1.82. The number of hydrogen-bond donors (Lipinski definition) is 1. The molecule has 0 saturated heterocycles. The van der Waals surface area contributed by atoms with E-state index >= 15 is 0 Å². The molecular weight excluding hydrogens is 336 g/mol. The van der Waals surface area contributed by atoms with Gasteiger partial charge >= 0.3 is 5.97 Å². The van der Waals surface area contributed by atoms with Crippen molar-refractivity contribution in [2.45, 2.75) is 26.4 Å². The highest BCUT2D eigenvalue weighted by molar-refractivity contribution is 7.13. The number of nitrogens with one attached hydrogen (secondary N) is 1. The number of amides is 1. The van der Waals surface area contributed by atoms with Gasteiger partial charge in [0.1, 0.15) is 10.7 Å². The van der Waals surface area contributed by atoms with Crippen LogP contribution in [0, 0.1) is 0 Å². The summed E-state index contributed by atoms with van der Waals surface area (Å²) in [5, 5.41) is 5.67. The molecule has 122 valence electrons. The van der Waals surface area contributed by atoms with Gasteiger partial charge in [-0.15, -0.1) is 11.3 Å². The molecular formula is C16H17ClN2O3S. The third-order valence-corrected chi connectivity index (χ3v) is 3.92. The Balaban J connectivity index is 1.90. The highest BCUT2D eigenvalue weighted by Gasteiger charge is 2.13. The molecule has 0 aliphatic rings. The average molecular weight is 353 g/mol. The molecule has 0 aliphatic heterocycles. The number of hydrogen-bond acceptors (Lipinski definition) is 5. The molecule has 2 rings (SSSR count). The van der Waals surface area contributed by atoms with Crippen molar-refractivity contribution in [1.82, 2.24) is 10.3 Å². The topological polar surface area (TPSA) is 68.3 Å². The first-order valence-corrected chi connectivity index (χ1v) is 8.40. The fourth-order valence-corrected chi connectivity index (χ4v) is 2.81. The van der Waals surface area contributed by atoms with Crippen molar-refractivity contribution >= 4 is 34.8 Å². The van der Waals surface area contributed by atoms with Crippen molar-refractivity contribution in [2.75, 3.05) is 6.54 Å². The van der Waals surface area contributed by atoms with Gasteiger partial charge in [-0.05, 0) is 26.0 Å². The Kier molecular flexibility index (Phi) is 6.12. The van der Waals surface area contributed by atoms with Gasteiger partial charge in [0, 0.05) is 22.5 Å². The summed E-state index contributed by atoms with van der Waals surface area (Å²) in [5.41, 5.74) is 1.18. The Morgan fingerprint density at radius 2 is 2.17 bits per heavy atom. The number of carbonyl (C=O) groups is 2. The van der Waals surface area contributed by atoms with E-state index in [0.717, 1.165) is 10.6 Å². The lowest BCUT2D eigenvalue weighted by Crippen LogP contribution is -2.27. The van der Waals surface area contributed by atoms with E-state index in [2.05, 4.69) is 10.3 Å². The Labute approximate surface area is 143 Å². The number of carbonyl (C=O) groups excluding carboxylic acids is 2. The monoisotopic (exact) mass is 352 g/mol. The van der Waals surface area contributed by atoms with E-state index in [1.54, 1.807) is 31.4 Å². The van der Waals surface area contributed by atoms with Crippen molar-refractivity contribution in [3.63, 3.8) is 0 Å². The summed E-state index contributed by atoms with van der Waals surface area (Å²) in [6.07, 6.45) is -0.0214. The lowest BCUT2D eigenvalue weighted by molar-refractivity contribution is -0.147. The largest absolute Gasteiger partial charge is 0.463 e. The molecule has 23 heavy (non-hydrogen) atoms. The lowest BCUT2D eigenvalue weighted by atomic mass is 10.2. The summed E-state index contributed by atoms with van der Waals surface area (Å²) in [7, 11) is 0. The van der Waals surface area contributed by atoms with Gasteiger partial charge < -0.3 is 10.1 Å². The van der Waals surface area contributed by atoms with Crippen molar-refractivity contribution in [2.24, 2.45) is 0 Å². The molecule has 0 fully saturated rings. The normalized spacial score (nSPS) is 10.6. The van der Waals surface area contributed by atoms with Crippen LogP contribution in [0.3, 0.4) is 0 Å². The molecule has 5 nitrogen and oxygen atoms in total. The van der Waals surface area contributed by atoms with Crippen LogP contribution in [0.5, 0.6) is 0 Å². The molecule has 7 heteroatoms. The maximum absolute atomic E-state index is 12.0. The Bertz CT molecular complexity index is 700. The second-order valence-corrected chi connectivity index (χ2v) is 6.39. The number of aromatic nitrogens is 1. The van der Waals surface area contributed by atoms with Gasteiger partial charge in [-0.25, -0.2) is 4.98 Å². The van der Waals surface area contributed by atoms with Crippen LogP contribution in [0.15, 0.2) is 29.6 Å². The van der Waals surface area contributed by atoms with Crippen LogP contribution >= 0.6 is 22.9 Å². The summed E-state index contributed by atoms with van der Waals surface area (Å²) in [6, 6.07) is 7.29. The maximum Gasteiger partial charge on any atom is 0.307 e. The Morgan fingerprint density at radius 1 is 1.39 bits per heavy atom. The summed E-state index contributed by atoms with van der Waals surface area (Å²) in [5.74, 6) is -0.648. The number of rotatable bonds is 6. The molecule has 2 aromatic rings. The number of benzene rings is 1. The van der Waals surface area contributed by atoms with Gasteiger partial charge in [-0.2, -0.15) is 0 Å². The molecule has 1 aromatic heterocycles. The van der Waals surface area contributed by atoms with Gasteiger partial charge in [0.05, 0.1) is 12.5 Å². The first-order valence-electron chi connectivity index (χ1n) is 7.15. The van der Waals surface area contributed by atoms with Gasteiger partial charge in [0.2, 0.25) is 0 Å². The van der Waals surface area contributed by atoms with E-state index in [-0.39, 0.29) is 30.9 Å². The van der Waals surface area contributed by atoms with Gasteiger partial charge in [0.25, 0.3) is 5.91 Å². The minimum Gasteiger partial charge on any atom is -0.463 e. The molecule has 0 radical (unpaired) electrons. The minimum atomic E-state index is -0.335. The predicted octanol–water partition coefficient (Wildman–Crippen LogP) is 3.54. The van der Waals surface area contributed by atoms with Gasteiger partial charge in [-0.1, -0.05) is 23.7 Å². The smallest absolute Gasteiger partial charge is 0.307 e. The second-order valence-electron chi connectivity index (χ2n) is 5.09. The summed E-state index contributed by atoms with van der Waals surface area (Å²) >= 11 is 7.32. The average Bonchev–Trinajstić information content (AvgIpc) is 2.96. The molecule has 0 bridgehead atoms. The number of esters is 1. The third kappa shape index (κ3) is 5.33. The van der Waals surface area contributed by atoms with Crippen LogP contribution in [-0.4, -0.2) is 29.5 Å². The quantitative estimate of drug-likeness (QED) is 0.807. The number of nitrogens with zero attached hydrogens (tertiary/aromatic N) is 1. The first kappa shape index (κ1) is 17.4. The zero-order valence-corrected chi connectivity index (χ0v) is 14.4. The van der Waals surface area contributed by atoms with Crippen molar-refractivity contribution in [3.8, 4) is 10.6 Å². The zero-order chi connectivity index (χ0) is 16.8. The molecule has 1 heterocycles. The number of thiazole rings is 1. The van der Waals surface area contributed by atoms with Gasteiger partial charge in [0.15, 0.2) is 0 Å². The highest BCUT2D eigenvalue weighted by Crippen LogP contribution is 2.25. The molecule has 0 unspecified atom stereocenters. The van der Waals surface area contributed by atoms with E-state index in [1.165, 1.54) is 11.3 Å². The fraction of sp³-hybridized carbons (Fsp3) is 0.312. The number of ether oxygens (including phenoxy) is 1. The van der Waals surface area contributed by atoms with E-state index in [4.69, 9.17) is 16.3 Å². The van der Waals surface area contributed by atoms with Crippen LogP contribution in [0.2, 0.25) is 5.02 Å². The van der Waals surface area contributed by atoms with E-state index in [1.807, 2.05) is 12.1 Å². The van der Waals surface area contributed by atoms with Crippen LogP contribution in [-0.2, 0) is 9.53 Å². The molecule has 0 aliphatic carbocycles. The predicted molar refractivity (Wildman–Crippen MR) is 90.7 cm³/mol. The zero-order valence-electron chi connectivity index (χ0n) is 12.8. The SMILES string of the molecule is CC(C)OC(=O)CCNC(=O)c1csc(-c2cccc(Cl)c2)n1. The van der Waals surface area contributed by atoms with Crippen LogP contribution in [0.25, 0.3) is 10.6 Å². The summed E-state index contributed by atoms with van der Waals surface area (Å²) < 4.78 is 4.99. The Morgan fingerprint density at radius 3 is 2.87 bits per heavy atom. The maximum atomic E-state index is 12.0. The third-order valence-electron chi connectivity index (χ3n) is 2.79. The van der Waals surface area contributed by atoms with Crippen LogP contribution in [0.1, 0.15) is 30.8 Å². The van der Waals surface area contributed by atoms with Crippen LogP contribution < -0.4 is 5.32 Å². The lowest BCUT2D eigenvalue weighted by Gasteiger charge is -2.07. The van der Waals surface area contributed by atoms with Crippen molar-refractivity contribution in [3.05, 3.63) is 40.4 Å². The minimum absolute atomic E-state index is 0.134. The highest BCUT2D eigenvalue weighted by atomic mass is 35.5. The molecule has 1 amide bonds. The Hall–Kier alpha value is -1.92. The molecule has 0 spiro atoms. The van der Waals surface area contributed by atoms with E-state index in [0.29, 0.717) is 10.7 Å². The van der Waals surface area contributed by atoms with Crippen LogP contribution in [0.4, 0.5) is 0 Å². The summed E-state index contributed by atoms with van der Waals surface area (Å²) in [6.45, 7) is 3.78. The molecule has 0 saturated carbocycles. The molecule has 1 aromatic carbocycles. The standard InChI is InChI=1S/C16H17ClN2O3S/c1-10(2)22-14(20)6-7-18-15(21)13-9-23-16(19-13)11-4-3-5-12(17)8-11/h3-5,8-10H,6-7H2,1-2H3,(H,18,21). The molecule has 0 atom stereocenters. The van der Waals surface area contributed by atoms with Gasteiger partial charge in [-0.3, -0.25) is 9.59 Å². The summed E-state index contributed by atoms with van der Waals surface area (Å²) in [4.78, 5) is 27.7. The first-order chi connectivity index (χ1) is 11.0. The van der Waals surface area contributed by atoms with Crippen molar-refractivity contribution in [1.29, 1.82) is 0 Å². The van der Waals surface area contributed by atoms with E-state index in [9.17, 15) is 9.59 Å². The number of halogens is 1. The van der Waals surface area contributed by atoms with Crippen molar-refractivity contribution < 1.29 is 14.3 Å². The second kappa shape index (κ2) is 8.08. The molecule has 1 N–H and O–H groups in total. The van der Waals surface area contributed by atoms with E-state index < -0.39 is 0 Å².